The van der Waals surface area contributed by atoms with Crippen molar-refractivity contribution in [1.82, 2.24) is 15.1 Å². The van der Waals surface area contributed by atoms with Crippen molar-refractivity contribution < 1.29 is 4.79 Å². The smallest absolute Gasteiger partial charge is 0.138 e. The number of Topliss-reactive ketones (excluding diaryl/α,β-unsaturated/α-hetero) is 1. The van der Waals surface area contributed by atoms with Gasteiger partial charge in [-0.2, -0.15) is 5.10 Å². The van der Waals surface area contributed by atoms with E-state index in [0.29, 0.717) is 12.2 Å². The van der Waals surface area contributed by atoms with Crippen molar-refractivity contribution in [2.45, 2.75) is 39.7 Å². The van der Waals surface area contributed by atoms with Crippen LogP contribution in [0.2, 0.25) is 0 Å². The van der Waals surface area contributed by atoms with Crippen LogP contribution in [-0.4, -0.2) is 28.7 Å². The second-order valence-corrected chi connectivity index (χ2v) is 5.49. The maximum atomic E-state index is 11.9. The zero-order valence-electron chi connectivity index (χ0n) is 11.0. The summed E-state index contributed by atoms with van der Waals surface area (Å²) in [6.45, 7) is 6.65. The molecule has 5 heteroatoms. The Morgan fingerprint density at radius 3 is 2.89 bits per heavy atom. The van der Waals surface area contributed by atoms with Gasteiger partial charge in [0.2, 0.25) is 0 Å². The van der Waals surface area contributed by atoms with Gasteiger partial charge >= 0.3 is 0 Å². The van der Waals surface area contributed by atoms with Gasteiger partial charge in [0.05, 0.1) is 15.9 Å². The van der Waals surface area contributed by atoms with Gasteiger partial charge < -0.3 is 5.32 Å². The number of nitrogens with one attached hydrogen (secondary N) is 1. The number of ketones is 1. The van der Waals surface area contributed by atoms with Crippen LogP contribution in [0.15, 0.2) is 4.47 Å². The number of hydrogen-bond acceptors (Lipinski definition) is 3. The fraction of sp³-hybridized carbons (Fsp3) is 0.692. The van der Waals surface area contributed by atoms with Crippen LogP contribution >= 0.6 is 15.9 Å². The largest absolute Gasteiger partial charge is 0.316 e. The van der Waals surface area contributed by atoms with E-state index in [1.54, 1.807) is 0 Å². The maximum absolute atomic E-state index is 11.9. The topological polar surface area (TPSA) is 46.9 Å². The number of carbonyl (C=O) groups is 1. The summed E-state index contributed by atoms with van der Waals surface area (Å²) >= 11 is 3.63. The molecule has 0 radical (unpaired) electrons. The molecule has 1 fully saturated rings. The molecule has 0 spiro atoms. The average molecular weight is 314 g/mol. The van der Waals surface area contributed by atoms with Crippen molar-refractivity contribution in [2.75, 3.05) is 13.1 Å². The van der Waals surface area contributed by atoms with Crippen molar-refractivity contribution in [1.29, 1.82) is 0 Å². The zero-order valence-corrected chi connectivity index (χ0v) is 12.6. The molecule has 100 valence electrons. The number of aromatic nitrogens is 2. The van der Waals surface area contributed by atoms with E-state index < -0.39 is 0 Å². The lowest BCUT2D eigenvalue weighted by Gasteiger charge is -2.21. The summed E-state index contributed by atoms with van der Waals surface area (Å²) in [5.74, 6) is 0.476. The molecule has 1 unspecified atom stereocenters. The van der Waals surface area contributed by atoms with Gasteiger partial charge in [-0.25, -0.2) is 0 Å². The van der Waals surface area contributed by atoms with E-state index in [-0.39, 0.29) is 5.92 Å². The van der Waals surface area contributed by atoms with Crippen LogP contribution < -0.4 is 5.32 Å². The summed E-state index contributed by atoms with van der Waals surface area (Å²) in [6.07, 6.45) is 2.36. The Morgan fingerprint density at radius 1 is 1.50 bits per heavy atom. The summed E-state index contributed by atoms with van der Waals surface area (Å²) in [7, 11) is 0. The number of hydrogen-bond donors (Lipinski definition) is 1. The van der Waals surface area contributed by atoms with Gasteiger partial charge in [0.15, 0.2) is 0 Å². The third-order valence-electron chi connectivity index (χ3n) is 3.53. The van der Waals surface area contributed by atoms with E-state index in [1.165, 1.54) is 0 Å². The molecule has 0 aliphatic carbocycles. The summed E-state index contributed by atoms with van der Waals surface area (Å²) in [5, 5.41) is 7.87. The molecule has 0 amide bonds. The highest BCUT2D eigenvalue weighted by atomic mass is 79.9. The Bertz CT molecular complexity index is 442. The fourth-order valence-corrected chi connectivity index (χ4v) is 3.16. The van der Waals surface area contributed by atoms with E-state index in [9.17, 15) is 4.79 Å². The molecule has 1 aromatic rings. The predicted octanol–water partition coefficient (Wildman–Crippen LogP) is 1.95. The maximum Gasteiger partial charge on any atom is 0.138 e. The highest BCUT2D eigenvalue weighted by Crippen LogP contribution is 2.25. The normalized spacial score (nSPS) is 20.4. The Balaban J connectivity index is 2.21. The van der Waals surface area contributed by atoms with Gasteiger partial charge in [-0.3, -0.25) is 9.48 Å². The first kappa shape index (κ1) is 13.7. The summed E-state index contributed by atoms with van der Waals surface area (Å²) < 4.78 is 3.11. The van der Waals surface area contributed by atoms with Crippen LogP contribution in [-0.2, 0) is 24.2 Å². The zero-order chi connectivity index (χ0) is 13.1. The molecule has 1 saturated heterocycles. The van der Waals surface area contributed by atoms with Gasteiger partial charge in [0, 0.05) is 38.4 Å². The average Bonchev–Trinajstić information content (AvgIpc) is 2.69. The Kier molecular flexibility index (Phi) is 4.56. The number of aryl methyl sites for hydroxylation is 2. The number of rotatable bonds is 4. The van der Waals surface area contributed by atoms with Gasteiger partial charge in [-0.1, -0.05) is 6.92 Å². The van der Waals surface area contributed by atoms with E-state index in [2.05, 4.69) is 40.2 Å². The monoisotopic (exact) mass is 313 g/mol. The van der Waals surface area contributed by atoms with Crippen molar-refractivity contribution in [3.8, 4) is 0 Å². The molecule has 1 aromatic heterocycles. The molecular formula is C13H20BrN3O. The van der Waals surface area contributed by atoms with E-state index in [1.807, 2.05) is 4.68 Å². The molecule has 4 nitrogen and oxygen atoms in total. The molecular weight excluding hydrogens is 294 g/mol. The van der Waals surface area contributed by atoms with Crippen LogP contribution in [0.3, 0.4) is 0 Å². The van der Waals surface area contributed by atoms with Crippen LogP contribution in [0.5, 0.6) is 0 Å². The van der Waals surface area contributed by atoms with Gasteiger partial charge in [-0.05, 0) is 29.3 Å². The molecule has 2 rings (SSSR count). The standard InChI is InChI=1S/C13H20BrN3O/c1-3-10-13(14)11(17(4-2)16-10)7-9-8-15-6-5-12(9)18/h9,15H,3-8H2,1-2H3. The van der Waals surface area contributed by atoms with E-state index >= 15 is 0 Å². The molecule has 1 N–H and O–H groups in total. The Hall–Kier alpha value is -0.680. The minimum Gasteiger partial charge on any atom is -0.316 e. The van der Waals surface area contributed by atoms with Crippen molar-refractivity contribution in [3.63, 3.8) is 0 Å². The van der Waals surface area contributed by atoms with Gasteiger partial charge in [0.1, 0.15) is 5.78 Å². The first-order valence-corrected chi connectivity index (χ1v) is 7.44. The van der Waals surface area contributed by atoms with Gasteiger partial charge in [-0.15, -0.1) is 0 Å². The summed E-state index contributed by atoms with van der Waals surface area (Å²) in [6, 6.07) is 0. The highest BCUT2D eigenvalue weighted by molar-refractivity contribution is 9.10. The number of nitrogens with zero attached hydrogens (tertiary/aromatic N) is 2. The third kappa shape index (κ3) is 2.67. The van der Waals surface area contributed by atoms with Crippen LogP contribution in [0.4, 0.5) is 0 Å². The number of piperidine rings is 1. The first-order chi connectivity index (χ1) is 8.67. The summed E-state index contributed by atoms with van der Waals surface area (Å²) in [5.41, 5.74) is 2.25. The lowest BCUT2D eigenvalue weighted by molar-refractivity contribution is -0.123. The second kappa shape index (κ2) is 5.97. The molecule has 0 saturated carbocycles. The quantitative estimate of drug-likeness (QED) is 0.924. The van der Waals surface area contributed by atoms with Gasteiger partial charge in [0.25, 0.3) is 0 Å². The van der Waals surface area contributed by atoms with Crippen LogP contribution in [0.1, 0.15) is 31.7 Å². The number of halogens is 1. The van der Waals surface area contributed by atoms with E-state index in [0.717, 1.165) is 48.3 Å². The highest BCUT2D eigenvalue weighted by Gasteiger charge is 2.25. The third-order valence-corrected chi connectivity index (χ3v) is 4.44. The van der Waals surface area contributed by atoms with Crippen molar-refractivity contribution in [3.05, 3.63) is 15.9 Å². The predicted molar refractivity (Wildman–Crippen MR) is 74.7 cm³/mol. The minimum absolute atomic E-state index is 0.0988. The molecule has 0 aromatic carbocycles. The second-order valence-electron chi connectivity index (χ2n) is 4.70. The SMILES string of the molecule is CCc1nn(CC)c(CC2CNCCC2=O)c1Br. The van der Waals surface area contributed by atoms with Crippen molar-refractivity contribution >= 4 is 21.7 Å². The molecule has 1 atom stereocenters. The molecule has 2 heterocycles. The summed E-state index contributed by atoms with van der Waals surface area (Å²) in [4.78, 5) is 11.9. The molecule has 0 bridgehead atoms. The molecule has 1 aliphatic heterocycles. The van der Waals surface area contributed by atoms with E-state index in [4.69, 9.17) is 0 Å². The lowest BCUT2D eigenvalue weighted by atomic mass is 9.93. The van der Waals surface area contributed by atoms with Crippen molar-refractivity contribution in [2.24, 2.45) is 5.92 Å². The first-order valence-electron chi connectivity index (χ1n) is 6.64. The molecule has 18 heavy (non-hydrogen) atoms. The molecule has 1 aliphatic rings. The lowest BCUT2D eigenvalue weighted by Crippen LogP contribution is -2.38. The van der Waals surface area contributed by atoms with Crippen LogP contribution in [0, 0.1) is 5.92 Å². The Morgan fingerprint density at radius 2 is 2.28 bits per heavy atom. The minimum atomic E-state index is 0.0988. The van der Waals surface area contributed by atoms with Crippen LogP contribution in [0.25, 0.3) is 0 Å². The number of carbonyl (C=O) groups excluding carboxylic acids is 1. The fourth-order valence-electron chi connectivity index (χ4n) is 2.44. The Labute approximate surface area is 116 Å².